The number of rotatable bonds is 5. The van der Waals surface area contributed by atoms with Gasteiger partial charge in [-0.05, 0) is 30.5 Å². The molecule has 2 N–H and O–H groups in total. The lowest BCUT2D eigenvalue weighted by molar-refractivity contribution is -0.121. The third kappa shape index (κ3) is 4.88. The van der Waals surface area contributed by atoms with Crippen molar-refractivity contribution in [1.82, 2.24) is 30.0 Å². The first kappa shape index (κ1) is 20.9. The molecule has 4 rings (SSSR count). The molecule has 1 aliphatic heterocycles. The standard InChI is InChI=1S/C20H22FN7O2S/c1-27-10-7-22-17(27)16(14-3-2-4-15(21)11-14)24-20(30)28-8-5-13(6-9-28)18(29)25-19-26-23-12-31-19/h2-4,7,10-13,16H,5-6,8-9H2,1H3,(H,24,30)(H,25,26,29). The quantitative estimate of drug-likeness (QED) is 0.631. The Hall–Kier alpha value is -3.34. The Balaban J connectivity index is 1.40. The van der Waals surface area contributed by atoms with E-state index < -0.39 is 6.04 Å². The van der Waals surface area contributed by atoms with Crippen LogP contribution in [0.4, 0.5) is 14.3 Å². The molecule has 1 aromatic carbocycles. The predicted octanol–water partition coefficient (Wildman–Crippen LogP) is 2.56. The number of halogens is 1. The maximum atomic E-state index is 13.8. The van der Waals surface area contributed by atoms with Crippen molar-refractivity contribution in [3.05, 3.63) is 59.4 Å². The van der Waals surface area contributed by atoms with Gasteiger partial charge in [0.25, 0.3) is 0 Å². The lowest BCUT2D eigenvalue weighted by atomic mass is 9.96. The Morgan fingerprint density at radius 2 is 2.10 bits per heavy atom. The highest BCUT2D eigenvalue weighted by Crippen LogP contribution is 2.24. The van der Waals surface area contributed by atoms with Crippen molar-refractivity contribution in [3.63, 3.8) is 0 Å². The Labute approximate surface area is 182 Å². The van der Waals surface area contributed by atoms with E-state index in [-0.39, 0.29) is 23.7 Å². The molecule has 9 nitrogen and oxygen atoms in total. The Morgan fingerprint density at radius 3 is 2.74 bits per heavy atom. The van der Waals surface area contributed by atoms with E-state index in [1.807, 2.05) is 7.05 Å². The molecule has 0 aliphatic carbocycles. The van der Waals surface area contributed by atoms with E-state index in [0.29, 0.717) is 42.5 Å². The number of aromatic nitrogens is 4. The fourth-order valence-electron chi connectivity index (χ4n) is 3.63. The van der Waals surface area contributed by atoms with Gasteiger partial charge in [-0.3, -0.25) is 4.79 Å². The SMILES string of the molecule is Cn1ccnc1C(NC(=O)N1CCC(C(=O)Nc2nncs2)CC1)c1cccc(F)c1. The molecule has 3 heterocycles. The fraction of sp³-hybridized carbons (Fsp3) is 0.350. The molecular formula is C20H22FN7O2S. The molecule has 1 unspecified atom stereocenters. The summed E-state index contributed by atoms with van der Waals surface area (Å²) in [7, 11) is 1.82. The van der Waals surface area contributed by atoms with Crippen molar-refractivity contribution in [3.8, 4) is 0 Å². The van der Waals surface area contributed by atoms with Crippen LogP contribution >= 0.6 is 11.3 Å². The second kappa shape index (κ2) is 9.21. The van der Waals surface area contributed by atoms with Crippen LogP contribution in [0.2, 0.25) is 0 Å². The smallest absolute Gasteiger partial charge is 0.318 e. The number of likely N-dealkylation sites (tertiary alicyclic amines) is 1. The summed E-state index contributed by atoms with van der Waals surface area (Å²) in [5, 5.41) is 13.7. The highest BCUT2D eigenvalue weighted by molar-refractivity contribution is 7.13. The molecule has 0 spiro atoms. The van der Waals surface area contributed by atoms with Crippen LogP contribution in [-0.4, -0.2) is 49.7 Å². The molecule has 0 saturated carbocycles. The summed E-state index contributed by atoms with van der Waals surface area (Å²) in [6.07, 6.45) is 4.50. The molecule has 1 fully saturated rings. The van der Waals surface area contributed by atoms with Crippen molar-refractivity contribution in [2.45, 2.75) is 18.9 Å². The molecule has 1 saturated heterocycles. The van der Waals surface area contributed by atoms with Gasteiger partial charge in [0.15, 0.2) is 0 Å². The third-order valence-electron chi connectivity index (χ3n) is 5.31. The van der Waals surface area contributed by atoms with Crippen molar-refractivity contribution < 1.29 is 14.0 Å². The van der Waals surface area contributed by atoms with Crippen LogP contribution in [0.5, 0.6) is 0 Å². The summed E-state index contributed by atoms with van der Waals surface area (Å²) < 4.78 is 15.6. The van der Waals surface area contributed by atoms with E-state index in [4.69, 9.17) is 0 Å². The summed E-state index contributed by atoms with van der Waals surface area (Å²) in [6, 6.07) is 5.24. The number of carbonyl (C=O) groups excluding carboxylic acids is 2. The molecule has 162 valence electrons. The van der Waals surface area contributed by atoms with E-state index in [1.165, 1.54) is 23.5 Å². The van der Waals surface area contributed by atoms with Crippen LogP contribution < -0.4 is 10.6 Å². The number of nitrogens with zero attached hydrogens (tertiary/aromatic N) is 5. The Morgan fingerprint density at radius 1 is 1.29 bits per heavy atom. The molecule has 3 aromatic rings. The third-order valence-corrected chi connectivity index (χ3v) is 5.92. The zero-order chi connectivity index (χ0) is 21.8. The second-order valence-corrected chi connectivity index (χ2v) is 8.16. The van der Waals surface area contributed by atoms with Gasteiger partial charge in [-0.25, -0.2) is 14.2 Å². The summed E-state index contributed by atoms with van der Waals surface area (Å²) in [5.74, 6) is -0.0811. The molecule has 0 bridgehead atoms. The highest BCUT2D eigenvalue weighted by atomic mass is 32.1. The van der Waals surface area contributed by atoms with Crippen LogP contribution in [0.3, 0.4) is 0 Å². The van der Waals surface area contributed by atoms with E-state index >= 15 is 0 Å². The Bertz CT molecular complexity index is 1050. The predicted molar refractivity (Wildman–Crippen MR) is 113 cm³/mol. The van der Waals surface area contributed by atoms with Gasteiger partial charge in [0.2, 0.25) is 11.0 Å². The number of piperidine rings is 1. The number of aryl methyl sites for hydroxylation is 1. The first-order valence-electron chi connectivity index (χ1n) is 9.86. The second-order valence-electron chi connectivity index (χ2n) is 7.33. The number of nitrogens with one attached hydrogen (secondary N) is 2. The van der Waals surface area contributed by atoms with E-state index in [1.54, 1.807) is 39.5 Å². The molecule has 1 atom stereocenters. The maximum Gasteiger partial charge on any atom is 0.318 e. The number of urea groups is 1. The van der Waals surface area contributed by atoms with Crippen molar-refractivity contribution in [1.29, 1.82) is 0 Å². The van der Waals surface area contributed by atoms with Crippen molar-refractivity contribution in [2.75, 3.05) is 18.4 Å². The summed E-state index contributed by atoms with van der Waals surface area (Å²) in [6.45, 7) is 0.882. The largest absolute Gasteiger partial charge is 0.336 e. The zero-order valence-electron chi connectivity index (χ0n) is 16.9. The van der Waals surface area contributed by atoms with Crippen molar-refractivity contribution >= 4 is 28.4 Å². The monoisotopic (exact) mass is 443 g/mol. The van der Waals surface area contributed by atoms with Gasteiger partial charge in [-0.2, -0.15) is 0 Å². The number of hydrogen-bond acceptors (Lipinski definition) is 6. The van der Waals surface area contributed by atoms with Crippen LogP contribution in [0.25, 0.3) is 0 Å². The van der Waals surface area contributed by atoms with Gasteiger partial charge in [0.1, 0.15) is 23.2 Å². The zero-order valence-corrected chi connectivity index (χ0v) is 17.7. The number of carbonyl (C=O) groups is 2. The van der Waals surface area contributed by atoms with E-state index in [0.717, 1.165) is 0 Å². The molecule has 3 amide bonds. The van der Waals surface area contributed by atoms with Gasteiger partial charge in [-0.15, -0.1) is 10.2 Å². The minimum Gasteiger partial charge on any atom is -0.336 e. The normalized spacial score (nSPS) is 15.5. The van der Waals surface area contributed by atoms with Gasteiger partial charge in [0, 0.05) is 38.4 Å². The minimum atomic E-state index is -0.596. The van der Waals surface area contributed by atoms with Crippen molar-refractivity contribution in [2.24, 2.45) is 13.0 Å². The lowest BCUT2D eigenvalue weighted by Crippen LogP contribution is -2.47. The minimum absolute atomic E-state index is 0.109. The van der Waals surface area contributed by atoms with E-state index in [2.05, 4.69) is 25.8 Å². The molecule has 1 aliphatic rings. The highest BCUT2D eigenvalue weighted by Gasteiger charge is 2.30. The molecule has 0 radical (unpaired) electrons. The first-order chi connectivity index (χ1) is 15.0. The van der Waals surface area contributed by atoms with Gasteiger partial charge >= 0.3 is 6.03 Å². The summed E-state index contributed by atoms with van der Waals surface area (Å²) in [5.41, 5.74) is 2.16. The van der Waals surface area contributed by atoms with Crippen LogP contribution in [0, 0.1) is 11.7 Å². The topological polar surface area (TPSA) is 105 Å². The first-order valence-corrected chi connectivity index (χ1v) is 10.7. The molecular weight excluding hydrogens is 421 g/mol. The van der Waals surface area contributed by atoms with Gasteiger partial charge in [-0.1, -0.05) is 23.5 Å². The Kier molecular flexibility index (Phi) is 6.21. The van der Waals surface area contributed by atoms with Gasteiger partial charge in [0.05, 0.1) is 0 Å². The summed E-state index contributed by atoms with van der Waals surface area (Å²) >= 11 is 1.26. The maximum absolute atomic E-state index is 13.8. The van der Waals surface area contributed by atoms with E-state index in [9.17, 15) is 14.0 Å². The molecule has 11 heteroatoms. The summed E-state index contributed by atoms with van der Waals surface area (Å²) in [4.78, 5) is 31.4. The number of benzene rings is 1. The number of hydrogen-bond donors (Lipinski definition) is 2. The fourth-order valence-corrected chi connectivity index (χ4v) is 4.08. The lowest BCUT2D eigenvalue weighted by Gasteiger charge is -2.32. The van der Waals surface area contributed by atoms with Crippen LogP contribution in [0.15, 0.2) is 42.2 Å². The van der Waals surface area contributed by atoms with Crippen LogP contribution in [-0.2, 0) is 11.8 Å². The molecule has 2 aromatic heterocycles. The van der Waals surface area contributed by atoms with Crippen LogP contribution in [0.1, 0.15) is 30.3 Å². The number of imidazole rings is 1. The average molecular weight is 444 g/mol. The van der Waals surface area contributed by atoms with Gasteiger partial charge < -0.3 is 20.1 Å². The average Bonchev–Trinajstić information content (AvgIpc) is 3.43. The molecule has 31 heavy (non-hydrogen) atoms. The number of anilines is 1. The number of amides is 3.